The minimum Gasteiger partial charge on any atom is -0.305 e. The summed E-state index contributed by atoms with van der Waals surface area (Å²) in [6.45, 7) is 0. The molecule has 0 saturated carbocycles. The van der Waals surface area contributed by atoms with Crippen LogP contribution in [0, 0.1) is 0 Å². The molecule has 7 nitrogen and oxygen atoms in total. The fourth-order valence-electron chi connectivity index (χ4n) is 1.92. The number of anilines is 2. The molecule has 22 heavy (non-hydrogen) atoms. The summed E-state index contributed by atoms with van der Waals surface area (Å²) in [6, 6.07) is 8.63. The maximum absolute atomic E-state index is 11.9. The van der Waals surface area contributed by atoms with Crippen LogP contribution in [0.3, 0.4) is 0 Å². The van der Waals surface area contributed by atoms with E-state index in [2.05, 4.69) is 20.8 Å². The van der Waals surface area contributed by atoms with E-state index in [4.69, 9.17) is 11.6 Å². The highest BCUT2D eigenvalue weighted by atomic mass is 35.5. The van der Waals surface area contributed by atoms with Gasteiger partial charge in [0.15, 0.2) is 5.82 Å². The monoisotopic (exact) mass is 316 g/mol. The fraction of sp³-hybridized carbons (Fsp3) is 0.0714. The normalized spacial score (nSPS) is 10.5. The zero-order valence-corrected chi connectivity index (χ0v) is 12.4. The molecule has 3 aromatic rings. The van der Waals surface area contributed by atoms with E-state index in [1.807, 2.05) is 18.2 Å². The average Bonchev–Trinajstić information content (AvgIpc) is 3.09. The molecular formula is C14H13ClN6O. The molecular weight excluding hydrogens is 304 g/mol. The highest BCUT2D eigenvalue weighted by Gasteiger charge is 2.08. The van der Waals surface area contributed by atoms with Crippen LogP contribution in [0.15, 0.2) is 48.9 Å². The molecule has 0 fully saturated rings. The summed E-state index contributed by atoms with van der Waals surface area (Å²) in [6.07, 6.45) is 4.96. The van der Waals surface area contributed by atoms with Gasteiger partial charge in [-0.05, 0) is 12.1 Å². The molecule has 0 aliphatic heterocycles. The van der Waals surface area contributed by atoms with E-state index >= 15 is 0 Å². The molecule has 0 bridgehead atoms. The number of para-hydroxylation sites is 1. The van der Waals surface area contributed by atoms with Gasteiger partial charge in [0, 0.05) is 19.3 Å². The third-order valence-electron chi connectivity index (χ3n) is 2.89. The summed E-state index contributed by atoms with van der Waals surface area (Å²) in [5.74, 6) is 0.471. The SMILES string of the molecule is Cn1ccc(NC(=O)Nc2cnn(-c3ccccc3Cl)c2)n1. The predicted octanol–water partition coefficient (Wildman–Crippen LogP) is 2.90. The number of carbonyl (C=O) groups excluding carboxylic acids is 1. The van der Waals surface area contributed by atoms with Crippen molar-refractivity contribution >= 4 is 29.1 Å². The van der Waals surface area contributed by atoms with Crippen molar-refractivity contribution in [1.82, 2.24) is 19.6 Å². The number of urea groups is 1. The van der Waals surface area contributed by atoms with Crippen LogP contribution in [0.1, 0.15) is 0 Å². The minimum absolute atomic E-state index is 0.391. The molecule has 0 aliphatic carbocycles. The number of nitrogens with one attached hydrogen (secondary N) is 2. The Morgan fingerprint density at radius 2 is 2.05 bits per heavy atom. The standard InChI is InChI=1S/C14H13ClN6O/c1-20-7-6-13(19-20)18-14(22)17-10-8-16-21(9-10)12-5-3-2-4-11(12)15/h2-9H,1H3,(H2,17,18,19,22). The number of aromatic nitrogens is 4. The molecule has 112 valence electrons. The lowest BCUT2D eigenvalue weighted by molar-refractivity contribution is 0.262. The van der Waals surface area contributed by atoms with Gasteiger partial charge in [-0.2, -0.15) is 10.2 Å². The number of benzene rings is 1. The fourth-order valence-corrected chi connectivity index (χ4v) is 2.14. The number of hydrogen-bond donors (Lipinski definition) is 2. The maximum atomic E-state index is 11.9. The van der Waals surface area contributed by atoms with E-state index < -0.39 is 6.03 Å². The second kappa shape index (κ2) is 5.90. The first-order chi connectivity index (χ1) is 10.6. The minimum atomic E-state index is -0.391. The molecule has 0 unspecified atom stereocenters. The van der Waals surface area contributed by atoms with E-state index in [9.17, 15) is 4.79 Å². The second-order valence-electron chi connectivity index (χ2n) is 4.58. The van der Waals surface area contributed by atoms with E-state index in [-0.39, 0.29) is 0 Å². The summed E-state index contributed by atoms with van der Waals surface area (Å²) < 4.78 is 3.20. The maximum Gasteiger partial charge on any atom is 0.324 e. The predicted molar refractivity (Wildman–Crippen MR) is 84.4 cm³/mol. The van der Waals surface area contributed by atoms with Crippen LogP contribution in [-0.4, -0.2) is 25.6 Å². The lowest BCUT2D eigenvalue weighted by atomic mass is 10.3. The van der Waals surface area contributed by atoms with Crippen molar-refractivity contribution in [2.24, 2.45) is 7.05 Å². The highest BCUT2D eigenvalue weighted by Crippen LogP contribution is 2.20. The van der Waals surface area contributed by atoms with E-state index in [1.54, 1.807) is 47.1 Å². The van der Waals surface area contributed by atoms with Crippen molar-refractivity contribution in [1.29, 1.82) is 0 Å². The Morgan fingerprint density at radius 3 is 2.77 bits per heavy atom. The quantitative estimate of drug-likeness (QED) is 0.780. The van der Waals surface area contributed by atoms with Gasteiger partial charge >= 0.3 is 6.03 Å². The zero-order valence-electron chi connectivity index (χ0n) is 11.7. The van der Waals surface area contributed by atoms with Gasteiger partial charge < -0.3 is 5.32 Å². The molecule has 1 aromatic carbocycles. The molecule has 2 amide bonds. The van der Waals surface area contributed by atoms with Gasteiger partial charge in [0.1, 0.15) is 0 Å². The van der Waals surface area contributed by atoms with Gasteiger partial charge in [-0.1, -0.05) is 23.7 Å². The third-order valence-corrected chi connectivity index (χ3v) is 3.21. The zero-order chi connectivity index (χ0) is 15.5. The van der Waals surface area contributed by atoms with E-state index in [0.29, 0.717) is 16.5 Å². The number of hydrogen-bond acceptors (Lipinski definition) is 3. The van der Waals surface area contributed by atoms with Crippen LogP contribution in [0.4, 0.5) is 16.3 Å². The summed E-state index contributed by atoms with van der Waals surface area (Å²) in [5, 5.41) is 14.1. The van der Waals surface area contributed by atoms with Gasteiger partial charge in [-0.3, -0.25) is 10.00 Å². The van der Waals surface area contributed by atoms with E-state index in [1.165, 1.54) is 0 Å². The number of amides is 2. The van der Waals surface area contributed by atoms with Crippen molar-refractivity contribution in [2.45, 2.75) is 0 Å². The van der Waals surface area contributed by atoms with Crippen LogP contribution < -0.4 is 10.6 Å². The lowest BCUT2D eigenvalue weighted by Crippen LogP contribution is -2.19. The van der Waals surface area contributed by atoms with Crippen molar-refractivity contribution in [3.8, 4) is 5.69 Å². The molecule has 0 saturated heterocycles. The largest absolute Gasteiger partial charge is 0.324 e. The third kappa shape index (κ3) is 3.09. The van der Waals surface area contributed by atoms with E-state index in [0.717, 1.165) is 5.69 Å². The summed E-state index contributed by atoms with van der Waals surface area (Å²) >= 11 is 6.11. The topological polar surface area (TPSA) is 76.8 Å². The molecule has 0 spiro atoms. The van der Waals surface area contributed by atoms with Crippen LogP contribution in [0.25, 0.3) is 5.69 Å². The van der Waals surface area contributed by atoms with Crippen molar-refractivity contribution in [2.75, 3.05) is 10.6 Å². The number of nitrogens with zero attached hydrogens (tertiary/aromatic N) is 4. The van der Waals surface area contributed by atoms with Crippen LogP contribution in [-0.2, 0) is 7.05 Å². The lowest BCUT2D eigenvalue weighted by Gasteiger charge is -2.04. The number of halogens is 1. The van der Waals surface area contributed by atoms with Gasteiger partial charge in [-0.25, -0.2) is 9.48 Å². The van der Waals surface area contributed by atoms with Gasteiger partial charge in [0.05, 0.1) is 28.8 Å². The molecule has 0 radical (unpaired) electrons. The van der Waals surface area contributed by atoms with Gasteiger partial charge in [0.25, 0.3) is 0 Å². The molecule has 8 heteroatoms. The molecule has 2 N–H and O–H groups in total. The smallest absolute Gasteiger partial charge is 0.305 e. The Balaban J connectivity index is 1.69. The van der Waals surface area contributed by atoms with Gasteiger partial charge in [-0.15, -0.1) is 0 Å². The van der Waals surface area contributed by atoms with Crippen LogP contribution in [0.2, 0.25) is 5.02 Å². The summed E-state index contributed by atoms with van der Waals surface area (Å²) in [5.41, 5.74) is 1.29. The molecule has 0 aliphatic rings. The van der Waals surface area contributed by atoms with Gasteiger partial charge in [0.2, 0.25) is 0 Å². The summed E-state index contributed by atoms with van der Waals surface area (Å²) in [7, 11) is 1.77. The number of rotatable bonds is 3. The van der Waals surface area contributed by atoms with Crippen LogP contribution in [0.5, 0.6) is 0 Å². The first kappa shape index (κ1) is 14.2. The molecule has 2 heterocycles. The molecule has 2 aromatic heterocycles. The molecule has 3 rings (SSSR count). The first-order valence-electron chi connectivity index (χ1n) is 6.49. The highest BCUT2D eigenvalue weighted by molar-refractivity contribution is 6.32. The Kier molecular flexibility index (Phi) is 3.80. The van der Waals surface area contributed by atoms with Crippen LogP contribution >= 0.6 is 11.6 Å². The Hall–Kier alpha value is -2.80. The molecule has 0 atom stereocenters. The summed E-state index contributed by atoms with van der Waals surface area (Å²) in [4.78, 5) is 11.9. The number of carbonyl (C=O) groups is 1. The average molecular weight is 317 g/mol. The van der Waals surface area contributed by atoms with Crippen molar-refractivity contribution < 1.29 is 4.79 Å². The second-order valence-corrected chi connectivity index (χ2v) is 4.99. The number of aryl methyl sites for hydroxylation is 1. The van der Waals surface area contributed by atoms with Crippen molar-refractivity contribution in [3.63, 3.8) is 0 Å². The Morgan fingerprint density at radius 1 is 1.23 bits per heavy atom. The van der Waals surface area contributed by atoms with Crippen molar-refractivity contribution in [3.05, 3.63) is 53.9 Å². The first-order valence-corrected chi connectivity index (χ1v) is 6.87. The Bertz CT molecular complexity index is 809. The Labute approximate surface area is 131 Å².